The molecule has 26 heavy (non-hydrogen) atoms. The number of nitrogens with one attached hydrogen (secondary N) is 2. The van der Waals surface area contributed by atoms with Gasteiger partial charge in [-0.1, -0.05) is 0 Å². The van der Waals surface area contributed by atoms with Gasteiger partial charge in [0.05, 0.1) is 11.4 Å². The second kappa shape index (κ2) is 5.66. The molecule has 0 amide bonds. The van der Waals surface area contributed by atoms with E-state index in [0.29, 0.717) is 21.7 Å². The summed E-state index contributed by atoms with van der Waals surface area (Å²) in [6.07, 6.45) is -3.65. The first-order valence-electron chi connectivity index (χ1n) is 7.90. The van der Waals surface area contributed by atoms with Crippen LogP contribution in [-0.4, -0.2) is 16.3 Å². The lowest BCUT2D eigenvalue weighted by atomic mass is 10.2. The van der Waals surface area contributed by atoms with Crippen molar-refractivity contribution in [3.63, 3.8) is 0 Å². The maximum Gasteiger partial charge on any atom is 0.586 e. The largest absolute Gasteiger partial charge is 0.586 e. The number of aromatic amines is 1. The summed E-state index contributed by atoms with van der Waals surface area (Å²) in [6, 6.07) is 4.06. The summed E-state index contributed by atoms with van der Waals surface area (Å²) in [4.78, 5) is 21.4. The van der Waals surface area contributed by atoms with Crippen molar-refractivity contribution >= 4 is 27.2 Å². The van der Waals surface area contributed by atoms with Crippen LogP contribution in [-0.2, 0) is 0 Å². The first kappa shape index (κ1) is 16.8. The Morgan fingerprint density at radius 1 is 1.27 bits per heavy atom. The minimum atomic E-state index is -3.65. The van der Waals surface area contributed by atoms with Crippen LogP contribution in [0, 0.1) is 13.8 Å². The molecule has 0 saturated carbocycles. The third-order valence-electron chi connectivity index (χ3n) is 4.25. The van der Waals surface area contributed by atoms with Crippen molar-refractivity contribution in [3.8, 4) is 11.5 Å². The second-order valence-corrected chi connectivity index (χ2v) is 7.31. The molecule has 9 heteroatoms. The molecule has 136 valence electrons. The minimum Gasteiger partial charge on any atom is -0.395 e. The SMILES string of the molecule is Cc1sc2nc([C@@H](C)Nc3ccc4c(c3)OC(F)(F)O4)[nH]c(=O)c2c1C. The van der Waals surface area contributed by atoms with Gasteiger partial charge in [-0.05, 0) is 38.5 Å². The number of alkyl halides is 2. The molecule has 3 aromatic rings. The number of aromatic nitrogens is 2. The van der Waals surface area contributed by atoms with Gasteiger partial charge in [0, 0.05) is 16.6 Å². The van der Waals surface area contributed by atoms with Gasteiger partial charge in [0.25, 0.3) is 5.56 Å². The number of halogens is 2. The molecule has 0 aliphatic carbocycles. The molecule has 3 heterocycles. The van der Waals surface area contributed by atoms with E-state index in [1.807, 2.05) is 20.8 Å². The highest BCUT2D eigenvalue weighted by molar-refractivity contribution is 7.18. The summed E-state index contributed by atoms with van der Waals surface area (Å²) in [5.74, 6) is 0.394. The molecule has 0 bridgehead atoms. The predicted molar refractivity (Wildman–Crippen MR) is 94.4 cm³/mol. The molecule has 1 atom stereocenters. The van der Waals surface area contributed by atoms with Gasteiger partial charge in [0.15, 0.2) is 11.5 Å². The quantitative estimate of drug-likeness (QED) is 0.717. The van der Waals surface area contributed by atoms with E-state index in [1.54, 1.807) is 6.07 Å². The number of rotatable bonds is 3. The van der Waals surface area contributed by atoms with Gasteiger partial charge in [-0.3, -0.25) is 4.79 Å². The average Bonchev–Trinajstić information content (AvgIpc) is 3.01. The molecule has 1 aromatic carbocycles. The molecule has 4 rings (SSSR count). The number of ether oxygens (including phenoxy) is 2. The number of fused-ring (bicyclic) bond motifs is 2. The van der Waals surface area contributed by atoms with E-state index in [-0.39, 0.29) is 23.1 Å². The molecule has 1 aliphatic rings. The first-order chi connectivity index (χ1) is 12.2. The lowest BCUT2D eigenvalue weighted by Gasteiger charge is -2.14. The van der Waals surface area contributed by atoms with Crippen molar-refractivity contribution in [1.82, 2.24) is 9.97 Å². The lowest BCUT2D eigenvalue weighted by molar-refractivity contribution is -0.286. The van der Waals surface area contributed by atoms with Crippen LogP contribution in [0.3, 0.4) is 0 Å². The molecule has 2 N–H and O–H groups in total. The van der Waals surface area contributed by atoms with E-state index in [1.165, 1.54) is 23.5 Å². The minimum absolute atomic E-state index is 0.0225. The number of anilines is 1. The van der Waals surface area contributed by atoms with Crippen molar-refractivity contribution in [2.24, 2.45) is 0 Å². The maximum atomic E-state index is 13.1. The van der Waals surface area contributed by atoms with Crippen LogP contribution < -0.4 is 20.3 Å². The number of thiophene rings is 1. The summed E-state index contributed by atoms with van der Waals surface area (Å²) in [5.41, 5.74) is 1.28. The van der Waals surface area contributed by atoms with Crippen LogP contribution in [0.5, 0.6) is 11.5 Å². The van der Waals surface area contributed by atoms with Crippen LogP contribution >= 0.6 is 11.3 Å². The smallest absolute Gasteiger partial charge is 0.395 e. The molecule has 0 fully saturated rings. The molecule has 0 unspecified atom stereocenters. The van der Waals surface area contributed by atoms with E-state index in [2.05, 4.69) is 24.8 Å². The fourth-order valence-electron chi connectivity index (χ4n) is 2.83. The van der Waals surface area contributed by atoms with Crippen LogP contribution in [0.15, 0.2) is 23.0 Å². The zero-order valence-electron chi connectivity index (χ0n) is 14.1. The van der Waals surface area contributed by atoms with Gasteiger partial charge in [-0.25, -0.2) is 4.98 Å². The summed E-state index contributed by atoms with van der Waals surface area (Å²) < 4.78 is 35.0. The Hall–Kier alpha value is -2.68. The molecule has 2 aromatic heterocycles. The number of nitrogens with zero attached hydrogens (tertiary/aromatic N) is 1. The third-order valence-corrected chi connectivity index (χ3v) is 5.35. The van der Waals surface area contributed by atoms with Crippen LogP contribution in [0.25, 0.3) is 10.2 Å². The summed E-state index contributed by atoms with van der Waals surface area (Å²) in [6.45, 7) is 5.66. The monoisotopic (exact) mass is 379 g/mol. The Labute approximate surface area is 150 Å². The lowest BCUT2D eigenvalue weighted by Crippen LogP contribution is -2.25. The van der Waals surface area contributed by atoms with Crippen molar-refractivity contribution < 1.29 is 18.3 Å². The second-order valence-electron chi connectivity index (χ2n) is 6.11. The van der Waals surface area contributed by atoms with Gasteiger partial charge in [-0.2, -0.15) is 0 Å². The number of hydrogen-bond acceptors (Lipinski definition) is 6. The summed E-state index contributed by atoms with van der Waals surface area (Å²) in [5, 5.41) is 3.73. The molecule has 1 aliphatic heterocycles. The highest BCUT2D eigenvalue weighted by Gasteiger charge is 2.43. The zero-order chi connectivity index (χ0) is 18.6. The highest BCUT2D eigenvalue weighted by atomic mass is 32.1. The Morgan fingerprint density at radius 2 is 2.00 bits per heavy atom. The van der Waals surface area contributed by atoms with Crippen molar-refractivity contribution in [2.45, 2.75) is 33.1 Å². The van der Waals surface area contributed by atoms with Crippen molar-refractivity contribution in [2.75, 3.05) is 5.32 Å². The summed E-state index contributed by atoms with van der Waals surface area (Å²) >= 11 is 1.47. The average molecular weight is 379 g/mol. The van der Waals surface area contributed by atoms with Crippen LogP contribution in [0.2, 0.25) is 0 Å². The molecule has 0 radical (unpaired) electrons. The molecular formula is C17H15F2N3O3S. The maximum absolute atomic E-state index is 13.1. The fraction of sp³-hybridized carbons (Fsp3) is 0.294. The number of benzene rings is 1. The predicted octanol–water partition coefficient (Wildman–Crippen LogP) is 4.10. The van der Waals surface area contributed by atoms with Gasteiger partial charge < -0.3 is 19.8 Å². The first-order valence-corrected chi connectivity index (χ1v) is 8.71. The van der Waals surface area contributed by atoms with Gasteiger partial charge in [-0.15, -0.1) is 20.1 Å². The standard InChI is InChI=1S/C17H15F2N3O3S/c1-7-9(3)26-16-13(7)15(23)21-14(22-16)8(2)20-10-4-5-11-12(6-10)25-17(18,19)24-11/h4-6,8,20H,1-3H3,(H,21,22,23)/t8-/m1/s1. The van der Waals surface area contributed by atoms with Crippen molar-refractivity contribution in [3.05, 3.63) is 44.8 Å². The molecule has 0 spiro atoms. The highest BCUT2D eigenvalue weighted by Crippen LogP contribution is 2.42. The Morgan fingerprint density at radius 3 is 2.77 bits per heavy atom. The topological polar surface area (TPSA) is 76.2 Å². The van der Waals surface area contributed by atoms with Crippen molar-refractivity contribution in [1.29, 1.82) is 0 Å². The van der Waals surface area contributed by atoms with Gasteiger partial charge >= 0.3 is 6.29 Å². The number of hydrogen-bond donors (Lipinski definition) is 2. The van der Waals surface area contributed by atoms with Gasteiger partial charge in [0.1, 0.15) is 10.7 Å². The Balaban J connectivity index is 1.62. The number of aryl methyl sites for hydroxylation is 2. The number of H-pyrrole nitrogens is 1. The normalized spacial score (nSPS) is 16.0. The Bertz CT molecular complexity index is 1080. The molecule has 0 saturated heterocycles. The Kier molecular flexibility index (Phi) is 3.65. The van der Waals surface area contributed by atoms with E-state index in [9.17, 15) is 13.6 Å². The fourth-order valence-corrected chi connectivity index (χ4v) is 3.87. The zero-order valence-corrected chi connectivity index (χ0v) is 15.0. The van der Waals surface area contributed by atoms with E-state index >= 15 is 0 Å². The van der Waals surface area contributed by atoms with E-state index in [0.717, 1.165) is 10.4 Å². The van der Waals surface area contributed by atoms with Gasteiger partial charge in [0.2, 0.25) is 0 Å². The third kappa shape index (κ3) is 2.78. The van der Waals surface area contributed by atoms with Crippen LogP contribution in [0.4, 0.5) is 14.5 Å². The summed E-state index contributed by atoms with van der Waals surface area (Å²) in [7, 11) is 0. The molecular weight excluding hydrogens is 364 g/mol. The molecule has 6 nitrogen and oxygen atoms in total. The van der Waals surface area contributed by atoms with Crippen LogP contribution in [0.1, 0.15) is 29.2 Å². The van der Waals surface area contributed by atoms with E-state index < -0.39 is 6.29 Å². The van der Waals surface area contributed by atoms with E-state index in [4.69, 9.17) is 0 Å².